The molecule has 0 spiro atoms. The van der Waals surface area contributed by atoms with Crippen molar-refractivity contribution >= 4 is 5.97 Å². The van der Waals surface area contributed by atoms with Gasteiger partial charge >= 0.3 is 5.97 Å². The molecule has 0 bridgehead atoms. The Balaban J connectivity index is 2.34. The fourth-order valence-electron chi connectivity index (χ4n) is 1.89. The molecule has 0 saturated heterocycles. The lowest BCUT2D eigenvalue weighted by molar-refractivity contribution is -0.160. The topological polar surface area (TPSA) is 61.5 Å². The van der Waals surface area contributed by atoms with E-state index in [2.05, 4.69) is 0 Å². The Hall–Kier alpha value is -0.610. The molecule has 1 unspecified atom stereocenters. The number of methoxy groups -OCH3 is 1. The maximum atomic E-state index is 11.6. The molecule has 1 aliphatic rings. The van der Waals surface area contributed by atoms with Gasteiger partial charge in [0.1, 0.15) is 6.10 Å². The molecule has 15 heavy (non-hydrogen) atoms. The third-order valence-corrected chi connectivity index (χ3v) is 2.85. The molecule has 4 nitrogen and oxygen atoms in total. The van der Waals surface area contributed by atoms with Crippen molar-refractivity contribution in [3.05, 3.63) is 0 Å². The highest BCUT2D eigenvalue weighted by Crippen LogP contribution is 2.20. The first-order valence-corrected chi connectivity index (χ1v) is 5.71. The molecular weight excluding hydrogens is 194 g/mol. The monoisotopic (exact) mass is 215 g/mol. The minimum atomic E-state index is -0.603. The minimum absolute atomic E-state index is 0.0733. The highest BCUT2D eigenvalue weighted by molar-refractivity contribution is 5.75. The second-order valence-electron chi connectivity index (χ2n) is 4.01. The maximum Gasteiger partial charge on any atom is 0.336 e. The lowest BCUT2D eigenvalue weighted by Gasteiger charge is -2.18. The van der Waals surface area contributed by atoms with E-state index in [1.54, 1.807) is 0 Å². The van der Waals surface area contributed by atoms with Crippen LogP contribution in [0.25, 0.3) is 0 Å². The van der Waals surface area contributed by atoms with Crippen molar-refractivity contribution < 1.29 is 14.3 Å². The summed E-state index contributed by atoms with van der Waals surface area (Å²) < 4.78 is 10.3. The van der Waals surface area contributed by atoms with Gasteiger partial charge in [0.25, 0.3) is 0 Å². The van der Waals surface area contributed by atoms with E-state index in [9.17, 15) is 4.79 Å². The van der Waals surface area contributed by atoms with Crippen molar-refractivity contribution in [1.29, 1.82) is 0 Å². The summed E-state index contributed by atoms with van der Waals surface area (Å²) in [5.41, 5.74) is 5.39. The summed E-state index contributed by atoms with van der Waals surface area (Å²) in [5.74, 6) is -0.313. The maximum absolute atomic E-state index is 11.6. The van der Waals surface area contributed by atoms with Gasteiger partial charge in [-0.1, -0.05) is 12.8 Å². The normalized spacial score (nSPS) is 20.7. The molecule has 1 saturated carbocycles. The molecule has 1 fully saturated rings. The van der Waals surface area contributed by atoms with Gasteiger partial charge in [0, 0.05) is 13.7 Å². The van der Waals surface area contributed by atoms with Crippen LogP contribution in [0.5, 0.6) is 0 Å². The fraction of sp³-hybridized carbons (Fsp3) is 0.909. The molecule has 0 aromatic rings. The summed E-state index contributed by atoms with van der Waals surface area (Å²) in [4.78, 5) is 11.6. The van der Waals surface area contributed by atoms with Crippen molar-refractivity contribution in [1.82, 2.24) is 0 Å². The first kappa shape index (κ1) is 12.5. The Morgan fingerprint density at radius 2 is 1.93 bits per heavy atom. The third-order valence-electron chi connectivity index (χ3n) is 2.85. The average Bonchev–Trinajstić information content (AvgIpc) is 2.48. The van der Waals surface area contributed by atoms with Crippen LogP contribution >= 0.6 is 0 Å². The molecule has 1 rings (SSSR count). The zero-order valence-electron chi connectivity index (χ0n) is 9.41. The standard InChI is InChI=1S/C11H21NO3/c1-14-10(8-12)11(13)15-9-6-4-2-3-5-7-9/h9-10H,2-8,12H2,1H3. The van der Waals surface area contributed by atoms with Gasteiger partial charge in [0.05, 0.1) is 0 Å². The molecule has 0 aromatic carbocycles. The molecule has 4 heteroatoms. The number of rotatable bonds is 4. The zero-order valence-corrected chi connectivity index (χ0v) is 9.41. The quantitative estimate of drug-likeness (QED) is 0.566. The van der Waals surface area contributed by atoms with Crippen LogP contribution in [0.2, 0.25) is 0 Å². The summed E-state index contributed by atoms with van der Waals surface area (Å²) in [7, 11) is 1.48. The van der Waals surface area contributed by atoms with Crippen molar-refractivity contribution in [2.24, 2.45) is 5.73 Å². The zero-order chi connectivity index (χ0) is 11.1. The fourth-order valence-corrected chi connectivity index (χ4v) is 1.89. The molecule has 0 heterocycles. The Kier molecular flexibility index (Phi) is 5.65. The van der Waals surface area contributed by atoms with Crippen molar-refractivity contribution in [2.75, 3.05) is 13.7 Å². The smallest absolute Gasteiger partial charge is 0.336 e. The van der Waals surface area contributed by atoms with Gasteiger partial charge < -0.3 is 15.2 Å². The largest absolute Gasteiger partial charge is 0.460 e. The highest BCUT2D eigenvalue weighted by Gasteiger charge is 2.22. The van der Waals surface area contributed by atoms with Gasteiger partial charge in [-0.25, -0.2) is 4.79 Å². The van der Waals surface area contributed by atoms with E-state index >= 15 is 0 Å². The van der Waals surface area contributed by atoms with Crippen LogP contribution in [0.1, 0.15) is 38.5 Å². The van der Waals surface area contributed by atoms with E-state index in [-0.39, 0.29) is 18.6 Å². The molecule has 0 aliphatic heterocycles. The molecule has 2 N–H and O–H groups in total. The van der Waals surface area contributed by atoms with Crippen LogP contribution in [0.3, 0.4) is 0 Å². The lowest BCUT2D eigenvalue weighted by Crippen LogP contribution is -2.35. The van der Waals surface area contributed by atoms with Gasteiger partial charge in [0.15, 0.2) is 6.10 Å². The molecule has 88 valence electrons. The van der Waals surface area contributed by atoms with Gasteiger partial charge in [-0.2, -0.15) is 0 Å². The number of nitrogens with two attached hydrogens (primary N) is 1. The minimum Gasteiger partial charge on any atom is -0.460 e. The second-order valence-corrected chi connectivity index (χ2v) is 4.01. The number of carbonyl (C=O) groups is 1. The van der Waals surface area contributed by atoms with E-state index < -0.39 is 6.10 Å². The van der Waals surface area contributed by atoms with Crippen LogP contribution in [0, 0.1) is 0 Å². The molecule has 1 atom stereocenters. The number of hydrogen-bond donors (Lipinski definition) is 1. The highest BCUT2D eigenvalue weighted by atomic mass is 16.6. The Morgan fingerprint density at radius 1 is 1.33 bits per heavy atom. The molecule has 0 radical (unpaired) electrons. The number of hydrogen-bond acceptors (Lipinski definition) is 4. The Labute approximate surface area is 91.1 Å². The van der Waals surface area contributed by atoms with E-state index in [0.717, 1.165) is 25.7 Å². The van der Waals surface area contributed by atoms with Crippen molar-refractivity contribution in [3.8, 4) is 0 Å². The van der Waals surface area contributed by atoms with Crippen molar-refractivity contribution in [2.45, 2.75) is 50.7 Å². The van der Waals surface area contributed by atoms with Crippen LogP contribution in [-0.2, 0) is 14.3 Å². The predicted octanol–water partition coefficient (Wildman–Crippen LogP) is 1.23. The van der Waals surface area contributed by atoms with Gasteiger partial charge in [-0.3, -0.25) is 0 Å². The number of carbonyl (C=O) groups excluding carboxylic acids is 1. The van der Waals surface area contributed by atoms with Crippen LogP contribution < -0.4 is 5.73 Å². The number of ether oxygens (including phenoxy) is 2. The van der Waals surface area contributed by atoms with Crippen LogP contribution in [-0.4, -0.2) is 31.8 Å². The Morgan fingerprint density at radius 3 is 2.40 bits per heavy atom. The summed E-state index contributed by atoms with van der Waals surface area (Å²) in [6, 6.07) is 0. The SMILES string of the molecule is COC(CN)C(=O)OC1CCCCCC1. The predicted molar refractivity (Wildman–Crippen MR) is 57.4 cm³/mol. The van der Waals surface area contributed by atoms with Gasteiger partial charge in [-0.05, 0) is 25.7 Å². The summed E-state index contributed by atoms with van der Waals surface area (Å²) in [6.45, 7) is 0.183. The van der Waals surface area contributed by atoms with Gasteiger partial charge in [-0.15, -0.1) is 0 Å². The Bertz CT molecular complexity index is 184. The first-order chi connectivity index (χ1) is 7.27. The molecular formula is C11H21NO3. The summed E-state index contributed by atoms with van der Waals surface area (Å²) >= 11 is 0. The van der Waals surface area contributed by atoms with Gasteiger partial charge in [0.2, 0.25) is 0 Å². The first-order valence-electron chi connectivity index (χ1n) is 5.71. The van der Waals surface area contributed by atoms with E-state index in [0.29, 0.717) is 0 Å². The lowest BCUT2D eigenvalue weighted by atomic mass is 10.1. The van der Waals surface area contributed by atoms with E-state index in [1.165, 1.54) is 20.0 Å². The second kappa shape index (κ2) is 6.80. The number of esters is 1. The van der Waals surface area contributed by atoms with Crippen LogP contribution in [0.15, 0.2) is 0 Å². The van der Waals surface area contributed by atoms with E-state index in [4.69, 9.17) is 15.2 Å². The molecule has 1 aliphatic carbocycles. The molecule has 0 amide bonds. The summed E-state index contributed by atoms with van der Waals surface area (Å²) in [5, 5.41) is 0. The molecule has 0 aromatic heterocycles. The average molecular weight is 215 g/mol. The summed E-state index contributed by atoms with van der Waals surface area (Å²) in [6.07, 6.45) is 6.23. The van der Waals surface area contributed by atoms with E-state index in [1.807, 2.05) is 0 Å². The van der Waals surface area contributed by atoms with Crippen LogP contribution in [0.4, 0.5) is 0 Å². The third kappa shape index (κ3) is 4.18. The van der Waals surface area contributed by atoms with Crippen molar-refractivity contribution in [3.63, 3.8) is 0 Å².